The summed E-state index contributed by atoms with van der Waals surface area (Å²) >= 11 is 0. The number of benzene rings is 2. The quantitative estimate of drug-likeness (QED) is 0.507. The number of carbonyl (C=O) groups is 1. The molecule has 0 amide bonds. The summed E-state index contributed by atoms with van der Waals surface area (Å²) in [5, 5.41) is 0.464. The van der Waals surface area contributed by atoms with Crippen molar-refractivity contribution in [2.45, 2.75) is 44.6 Å². The number of hydrogen-bond donors (Lipinski definition) is 1. The Morgan fingerprint density at radius 2 is 1.94 bits per heavy atom. The van der Waals surface area contributed by atoms with Crippen molar-refractivity contribution in [2.75, 3.05) is 6.61 Å². The van der Waals surface area contributed by atoms with Gasteiger partial charge in [-0.15, -0.1) is 0 Å². The maximum Gasteiger partial charge on any atom is 0.374 e. The van der Waals surface area contributed by atoms with Gasteiger partial charge in [0.05, 0.1) is 11.5 Å². The van der Waals surface area contributed by atoms with Gasteiger partial charge in [-0.1, -0.05) is 18.2 Å². The molecule has 0 aliphatic carbocycles. The molecule has 0 bridgehead atoms. The van der Waals surface area contributed by atoms with Crippen LogP contribution in [0.3, 0.4) is 0 Å². The number of carbonyl (C=O) groups excluding carboxylic acids is 1. The van der Waals surface area contributed by atoms with Crippen LogP contribution >= 0.6 is 0 Å². The molecule has 6 nitrogen and oxygen atoms in total. The molecule has 9 heteroatoms. The van der Waals surface area contributed by atoms with Crippen molar-refractivity contribution in [3.63, 3.8) is 0 Å². The lowest BCUT2D eigenvalue weighted by molar-refractivity contribution is 0.0173. The molecule has 1 N–H and O–H groups in total. The Bertz CT molecular complexity index is 1230. The number of aryl methyl sites for hydroxylation is 1. The van der Waals surface area contributed by atoms with Crippen molar-refractivity contribution in [3.05, 3.63) is 64.9 Å². The molecule has 166 valence electrons. The second-order valence-electron chi connectivity index (χ2n) is 7.29. The minimum atomic E-state index is -3.98. The Morgan fingerprint density at radius 3 is 2.58 bits per heavy atom. The van der Waals surface area contributed by atoms with Crippen LogP contribution in [0.5, 0.6) is 0 Å². The number of sulfonamides is 1. The number of esters is 1. The average Bonchev–Trinajstić information content (AvgIpc) is 3.03. The van der Waals surface area contributed by atoms with E-state index in [2.05, 4.69) is 4.72 Å². The first-order chi connectivity index (χ1) is 14.4. The molecule has 0 saturated heterocycles. The van der Waals surface area contributed by atoms with E-state index >= 15 is 0 Å². The SMILES string of the molecule is CCOC(=O)c1oc2ccc(S(=O)(=O)NC(C)c3cccc(C(C)(F)F)c3)cc2c1C. The average molecular weight is 451 g/mol. The topological polar surface area (TPSA) is 85.6 Å². The molecule has 31 heavy (non-hydrogen) atoms. The maximum absolute atomic E-state index is 13.6. The monoisotopic (exact) mass is 451 g/mol. The van der Waals surface area contributed by atoms with Crippen LogP contribution in [-0.4, -0.2) is 21.0 Å². The fourth-order valence-corrected chi connectivity index (χ4v) is 4.47. The Morgan fingerprint density at radius 1 is 1.23 bits per heavy atom. The lowest BCUT2D eigenvalue weighted by atomic mass is 10.0. The Labute approximate surface area is 179 Å². The summed E-state index contributed by atoms with van der Waals surface area (Å²) in [7, 11) is -3.98. The van der Waals surface area contributed by atoms with E-state index in [1.165, 1.54) is 36.4 Å². The van der Waals surface area contributed by atoms with E-state index in [9.17, 15) is 22.0 Å². The first-order valence-corrected chi connectivity index (χ1v) is 11.1. The molecule has 3 aromatic rings. The van der Waals surface area contributed by atoms with Gasteiger partial charge in [0.1, 0.15) is 5.58 Å². The van der Waals surface area contributed by atoms with Gasteiger partial charge in [0.15, 0.2) is 0 Å². The normalized spacial score (nSPS) is 13.4. The minimum Gasteiger partial charge on any atom is -0.460 e. The van der Waals surface area contributed by atoms with E-state index in [0.717, 1.165) is 6.92 Å². The summed E-state index contributed by atoms with van der Waals surface area (Å²) < 4.78 is 66.0. The van der Waals surface area contributed by atoms with Crippen molar-refractivity contribution in [1.82, 2.24) is 4.72 Å². The molecule has 0 radical (unpaired) electrons. The lowest BCUT2D eigenvalue weighted by Gasteiger charge is -2.17. The highest BCUT2D eigenvalue weighted by atomic mass is 32.2. The zero-order chi connectivity index (χ0) is 23.0. The highest BCUT2D eigenvalue weighted by Gasteiger charge is 2.26. The zero-order valence-corrected chi connectivity index (χ0v) is 18.3. The van der Waals surface area contributed by atoms with Crippen molar-refractivity contribution in [1.29, 1.82) is 0 Å². The second-order valence-corrected chi connectivity index (χ2v) is 9.01. The predicted octanol–water partition coefficient (Wildman–Crippen LogP) is 5.07. The van der Waals surface area contributed by atoms with Gasteiger partial charge >= 0.3 is 5.97 Å². The summed E-state index contributed by atoms with van der Waals surface area (Å²) in [5.41, 5.74) is 1.03. The summed E-state index contributed by atoms with van der Waals surface area (Å²) in [6.07, 6.45) is 0. The summed E-state index contributed by atoms with van der Waals surface area (Å²) in [6.45, 7) is 5.85. The predicted molar refractivity (Wildman–Crippen MR) is 112 cm³/mol. The number of alkyl halides is 2. The number of rotatable bonds is 7. The fraction of sp³-hybridized carbons (Fsp3) is 0.318. The van der Waals surface area contributed by atoms with Crippen molar-refractivity contribution in [3.8, 4) is 0 Å². The zero-order valence-electron chi connectivity index (χ0n) is 17.5. The third kappa shape index (κ3) is 4.77. The van der Waals surface area contributed by atoms with Crippen LogP contribution < -0.4 is 4.72 Å². The van der Waals surface area contributed by atoms with Gasteiger partial charge in [0, 0.05) is 29.5 Å². The van der Waals surface area contributed by atoms with E-state index in [0.29, 0.717) is 22.1 Å². The smallest absolute Gasteiger partial charge is 0.374 e. The molecule has 1 unspecified atom stereocenters. The van der Waals surface area contributed by atoms with E-state index < -0.39 is 28.0 Å². The molecule has 1 heterocycles. The first-order valence-electron chi connectivity index (χ1n) is 9.65. The highest BCUT2D eigenvalue weighted by Crippen LogP contribution is 2.31. The van der Waals surface area contributed by atoms with Crippen LogP contribution in [0.15, 0.2) is 51.8 Å². The molecule has 0 spiro atoms. The van der Waals surface area contributed by atoms with Crippen LogP contribution in [0.25, 0.3) is 11.0 Å². The number of hydrogen-bond acceptors (Lipinski definition) is 5. The molecule has 0 aliphatic heterocycles. The van der Waals surface area contributed by atoms with Crippen molar-refractivity contribution in [2.24, 2.45) is 0 Å². The molecular weight excluding hydrogens is 428 g/mol. The molecular formula is C22H23F2NO5S. The number of fused-ring (bicyclic) bond motifs is 1. The van der Waals surface area contributed by atoms with E-state index in [4.69, 9.17) is 9.15 Å². The van der Waals surface area contributed by atoms with Gasteiger partial charge in [-0.2, -0.15) is 0 Å². The number of halogens is 2. The molecule has 1 aromatic heterocycles. The third-order valence-electron chi connectivity index (χ3n) is 4.90. The number of nitrogens with one attached hydrogen (secondary N) is 1. The van der Waals surface area contributed by atoms with Crippen LogP contribution in [0.2, 0.25) is 0 Å². The van der Waals surface area contributed by atoms with Crippen molar-refractivity contribution < 1.29 is 31.1 Å². The summed E-state index contributed by atoms with van der Waals surface area (Å²) in [5.74, 6) is -3.64. The Hall–Kier alpha value is -2.78. The second kappa shape index (κ2) is 8.39. The van der Waals surface area contributed by atoms with Gasteiger partial charge in [-0.05, 0) is 50.6 Å². The maximum atomic E-state index is 13.6. The highest BCUT2D eigenvalue weighted by molar-refractivity contribution is 7.89. The minimum absolute atomic E-state index is 0.0186. The van der Waals surface area contributed by atoms with Gasteiger partial charge in [-0.3, -0.25) is 0 Å². The molecule has 0 saturated carbocycles. The largest absolute Gasteiger partial charge is 0.460 e. The number of furan rings is 1. The third-order valence-corrected chi connectivity index (χ3v) is 6.44. The van der Waals surface area contributed by atoms with Crippen LogP contribution in [0.1, 0.15) is 54.1 Å². The Kier molecular flexibility index (Phi) is 6.20. The molecule has 0 fully saturated rings. The molecule has 0 aliphatic rings. The standard InChI is InChI=1S/C22H23F2NO5S/c1-5-29-21(26)20-13(2)18-12-17(9-10-19(18)30-20)31(27,28)25-14(3)15-7-6-8-16(11-15)22(4,23)24/h6-12,14,25H,5H2,1-4H3. The molecule has 2 aromatic carbocycles. The summed E-state index contributed by atoms with van der Waals surface area (Å²) in [4.78, 5) is 12.0. The van der Waals surface area contributed by atoms with Crippen LogP contribution in [-0.2, 0) is 20.7 Å². The van der Waals surface area contributed by atoms with Crippen LogP contribution in [0, 0.1) is 6.92 Å². The van der Waals surface area contributed by atoms with Crippen LogP contribution in [0.4, 0.5) is 8.78 Å². The van der Waals surface area contributed by atoms with Gasteiger partial charge in [0.25, 0.3) is 5.92 Å². The van der Waals surface area contributed by atoms with E-state index in [-0.39, 0.29) is 22.8 Å². The Balaban J connectivity index is 1.91. The van der Waals surface area contributed by atoms with E-state index in [1.54, 1.807) is 26.8 Å². The van der Waals surface area contributed by atoms with Crippen molar-refractivity contribution >= 4 is 27.0 Å². The van der Waals surface area contributed by atoms with Gasteiger partial charge < -0.3 is 9.15 Å². The van der Waals surface area contributed by atoms with E-state index in [1.807, 2.05) is 0 Å². The fourth-order valence-electron chi connectivity index (χ4n) is 3.21. The summed E-state index contributed by atoms with van der Waals surface area (Å²) in [6, 6.07) is 9.09. The van der Waals surface area contributed by atoms with Gasteiger partial charge in [0.2, 0.25) is 15.8 Å². The lowest BCUT2D eigenvalue weighted by Crippen LogP contribution is -2.27. The molecule has 3 rings (SSSR count). The molecule has 1 atom stereocenters. The number of ether oxygens (including phenoxy) is 1. The van der Waals surface area contributed by atoms with Gasteiger partial charge in [-0.25, -0.2) is 26.7 Å². The first kappa shape index (κ1) is 22.9.